The SMILES string of the molecule is NC(c1ccc(F)c(F)c1F)C1C2CCCC21. The van der Waals surface area contributed by atoms with Crippen LogP contribution in [0.2, 0.25) is 0 Å². The van der Waals surface area contributed by atoms with E-state index in [0.717, 1.165) is 18.9 Å². The van der Waals surface area contributed by atoms with E-state index in [1.807, 2.05) is 0 Å². The van der Waals surface area contributed by atoms with Crippen LogP contribution in [-0.2, 0) is 0 Å². The second kappa shape index (κ2) is 3.73. The quantitative estimate of drug-likeness (QED) is 0.791. The molecule has 3 atom stereocenters. The number of hydrogen-bond acceptors (Lipinski definition) is 1. The molecule has 2 aliphatic rings. The lowest BCUT2D eigenvalue weighted by Gasteiger charge is -2.15. The summed E-state index contributed by atoms with van der Waals surface area (Å²) in [7, 11) is 0. The number of benzene rings is 1. The molecule has 4 heteroatoms. The van der Waals surface area contributed by atoms with Gasteiger partial charge < -0.3 is 5.73 Å². The minimum Gasteiger partial charge on any atom is -0.324 e. The molecule has 2 N–H and O–H groups in total. The van der Waals surface area contributed by atoms with Crippen LogP contribution in [-0.4, -0.2) is 0 Å². The summed E-state index contributed by atoms with van der Waals surface area (Å²) in [4.78, 5) is 0. The molecule has 1 aromatic carbocycles. The third-order valence-corrected chi connectivity index (χ3v) is 4.31. The Morgan fingerprint density at radius 3 is 2.35 bits per heavy atom. The van der Waals surface area contributed by atoms with Crippen molar-refractivity contribution in [3.05, 3.63) is 35.1 Å². The fourth-order valence-corrected chi connectivity index (χ4v) is 3.42. The van der Waals surface area contributed by atoms with Crippen LogP contribution < -0.4 is 5.73 Å². The first kappa shape index (κ1) is 11.1. The van der Waals surface area contributed by atoms with E-state index in [1.165, 1.54) is 12.5 Å². The fraction of sp³-hybridized carbons (Fsp3) is 0.538. The van der Waals surface area contributed by atoms with Gasteiger partial charge in [0.2, 0.25) is 0 Å². The van der Waals surface area contributed by atoms with Crippen LogP contribution in [0.4, 0.5) is 13.2 Å². The van der Waals surface area contributed by atoms with Crippen molar-refractivity contribution < 1.29 is 13.2 Å². The van der Waals surface area contributed by atoms with Crippen LogP contribution in [0, 0.1) is 35.2 Å². The van der Waals surface area contributed by atoms with E-state index < -0.39 is 23.5 Å². The van der Waals surface area contributed by atoms with Gasteiger partial charge in [-0.15, -0.1) is 0 Å². The van der Waals surface area contributed by atoms with Gasteiger partial charge in [0.25, 0.3) is 0 Å². The van der Waals surface area contributed by atoms with E-state index >= 15 is 0 Å². The van der Waals surface area contributed by atoms with E-state index in [4.69, 9.17) is 5.73 Å². The van der Waals surface area contributed by atoms with Gasteiger partial charge in [0.1, 0.15) is 0 Å². The van der Waals surface area contributed by atoms with Crippen molar-refractivity contribution in [3.8, 4) is 0 Å². The summed E-state index contributed by atoms with van der Waals surface area (Å²) in [5.74, 6) is -2.31. The molecule has 3 rings (SSSR count). The molecule has 2 fully saturated rings. The normalized spacial score (nSPS) is 32.4. The van der Waals surface area contributed by atoms with Crippen molar-refractivity contribution in [3.63, 3.8) is 0 Å². The van der Waals surface area contributed by atoms with Gasteiger partial charge >= 0.3 is 0 Å². The Kier molecular flexibility index (Phi) is 2.43. The smallest absolute Gasteiger partial charge is 0.194 e. The van der Waals surface area contributed by atoms with Crippen molar-refractivity contribution in [1.29, 1.82) is 0 Å². The maximum Gasteiger partial charge on any atom is 0.194 e. The zero-order chi connectivity index (χ0) is 12.2. The molecular weight excluding hydrogens is 227 g/mol. The molecule has 2 saturated carbocycles. The fourth-order valence-electron chi connectivity index (χ4n) is 3.42. The Labute approximate surface area is 97.8 Å². The predicted octanol–water partition coefficient (Wildman–Crippen LogP) is 3.15. The molecule has 1 aromatic rings. The highest BCUT2D eigenvalue weighted by molar-refractivity contribution is 5.26. The van der Waals surface area contributed by atoms with Crippen LogP contribution >= 0.6 is 0 Å². The first-order chi connectivity index (χ1) is 8.11. The van der Waals surface area contributed by atoms with E-state index in [0.29, 0.717) is 11.8 Å². The lowest BCUT2D eigenvalue weighted by Crippen LogP contribution is -2.18. The van der Waals surface area contributed by atoms with Gasteiger partial charge in [0, 0.05) is 11.6 Å². The van der Waals surface area contributed by atoms with Gasteiger partial charge in [0.15, 0.2) is 17.5 Å². The molecule has 92 valence electrons. The summed E-state index contributed by atoms with van der Waals surface area (Å²) in [6.45, 7) is 0. The molecule has 0 amide bonds. The van der Waals surface area contributed by atoms with Crippen LogP contribution in [0.3, 0.4) is 0 Å². The Balaban J connectivity index is 1.87. The molecule has 0 saturated heterocycles. The lowest BCUT2D eigenvalue weighted by atomic mass is 9.97. The molecule has 2 aliphatic carbocycles. The zero-order valence-electron chi connectivity index (χ0n) is 9.30. The minimum atomic E-state index is -1.41. The minimum absolute atomic E-state index is 0.114. The first-order valence-corrected chi connectivity index (χ1v) is 6.00. The summed E-state index contributed by atoms with van der Waals surface area (Å²) in [6.07, 6.45) is 3.47. The van der Waals surface area contributed by atoms with Crippen LogP contribution in [0.25, 0.3) is 0 Å². The highest BCUT2D eigenvalue weighted by Gasteiger charge is 2.55. The molecular formula is C13H14F3N. The summed E-state index contributed by atoms with van der Waals surface area (Å²) in [5, 5.41) is 0. The Morgan fingerprint density at radius 1 is 1.06 bits per heavy atom. The standard InChI is InChI=1S/C13H14F3N/c14-9-5-4-8(11(15)12(9)16)13(17)10-6-2-1-3-7(6)10/h4-7,10,13H,1-3,17H2. The largest absolute Gasteiger partial charge is 0.324 e. The third-order valence-electron chi connectivity index (χ3n) is 4.31. The van der Waals surface area contributed by atoms with Crippen LogP contribution in [0.15, 0.2) is 12.1 Å². The van der Waals surface area contributed by atoms with Gasteiger partial charge in [-0.05, 0) is 36.7 Å². The van der Waals surface area contributed by atoms with E-state index in [9.17, 15) is 13.2 Å². The van der Waals surface area contributed by atoms with Crippen molar-refractivity contribution in [2.75, 3.05) is 0 Å². The monoisotopic (exact) mass is 241 g/mol. The second-order valence-electron chi connectivity index (χ2n) is 5.13. The summed E-state index contributed by atoms with van der Waals surface area (Å²) < 4.78 is 39.5. The van der Waals surface area contributed by atoms with Gasteiger partial charge in [-0.3, -0.25) is 0 Å². The van der Waals surface area contributed by atoms with Gasteiger partial charge in [-0.2, -0.15) is 0 Å². The van der Waals surface area contributed by atoms with Crippen molar-refractivity contribution in [2.24, 2.45) is 23.5 Å². The van der Waals surface area contributed by atoms with Crippen LogP contribution in [0.1, 0.15) is 30.9 Å². The topological polar surface area (TPSA) is 26.0 Å². The molecule has 3 unspecified atom stereocenters. The van der Waals surface area contributed by atoms with Gasteiger partial charge in [-0.1, -0.05) is 12.5 Å². The molecule has 0 radical (unpaired) electrons. The molecule has 0 spiro atoms. The maximum absolute atomic E-state index is 13.6. The van der Waals surface area contributed by atoms with E-state index in [2.05, 4.69) is 0 Å². The van der Waals surface area contributed by atoms with Crippen molar-refractivity contribution in [2.45, 2.75) is 25.3 Å². The molecule has 0 bridgehead atoms. The van der Waals surface area contributed by atoms with E-state index in [-0.39, 0.29) is 11.5 Å². The highest BCUT2D eigenvalue weighted by Crippen LogP contribution is 2.61. The number of fused-ring (bicyclic) bond motifs is 1. The first-order valence-electron chi connectivity index (χ1n) is 6.00. The van der Waals surface area contributed by atoms with Gasteiger partial charge in [-0.25, -0.2) is 13.2 Å². The van der Waals surface area contributed by atoms with E-state index in [1.54, 1.807) is 0 Å². The Morgan fingerprint density at radius 2 is 1.71 bits per heavy atom. The predicted molar refractivity (Wildman–Crippen MR) is 57.6 cm³/mol. The van der Waals surface area contributed by atoms with Gasteiger partial charge in [0.05, 0.1) is 0 Å². The number of nitrogens with two attached hydrogens (primary N) is 1. The number of halogens is 3. The van der Waals surface area contributed by atoms with Crippen molar-refractivity contribution in [1.82, 2.24) is 0 Å². The molecule has 0 aliphatic heterocycles. The summed E-state index contributed by atoms with van der Waals surface area (Å²) in [5.41, 5.74) is 6.10. The molecule has 0 aromatic heterocycles. The molecule has 1 nitrogen and oxygen atoms in total. The molecule has 0 heterocycles. The third kappa shape index (κ3) is 1.58. The Hall–Kier alpha value is -1.03. The lowest BCUT2D eigenvalue weighted by molar-refractivity contribution is 0.421. The average molecular weight is 241 g/mol. The maximum atomic E-state index is 13.6. The average Bonchev–Trinajstić information content (AvgIpc) is 2.79. The summed E-state index contributed by atoms with van der Waals surface area (Å²) in [6, 6.07) is 1.72. The second-order valence-corrected chi connectivity index (χ2v) is 5.13. The summed E-state index contributed by atoms with van der Waals surface area (Å²) >= 11 is 0. The Bertz CT molecular complexity index is 450. The number of rotatable bonds is 2. The van der Waals surface area contributed by atoms with Crippen molar-refractivity contribution >= 4 is 0 Å². The molecule has 17 heavy (non-hydrogen) atoms. The van der Waals surface area contributed by atoms with Crippen LogP contribution in [0.5, 0.6) is 0 Å². The highest BCUT2D eigenvalue weighted by atomic mass is 19.2. The zero-order valence-corrected chi connectivity index (χ0v) is 9.30. The number of hydrogen-bond donors (Lipinski definition) is 1.